The highest BCUT2D eigenvalue weighted by atomic mass is 16.6. The lowest BCUT2D eigenvalue weighted by molar-refractivity contribution is -0.164. The van der Waals surface area contributed by atoms with Gasteiger partial charge < -0.3 is 19.7 Å². The van der Waals surface area contributed by atoms with Crippen molar-refractivity contribution in [1.29, 1.82) is 0 Å². The first-order chi connectivity index (χ1) is 9.83. The van der Waals surface area contributed by atoms with Gasteiger partial charge in [-0.05, 0) is 6.42 Å². The van der Waals surface area contributed by atoms with Gasteiger partial charge in [-0.15, -0.1) is 0 Å². The van der Waals surface area contributed by atoms with Crippen LogP contribution in [0.4, 0.5) is 0 Å². The number of aliphatic hydroxyl groups excluding tert-OH is 2. The smallest absolute Gasteiger partial charge is 0.340 e. The van der Waals surface area contributed by atoms with Crippen LogP contribution < -0.4 is 0 Å². The highest BCUT2D eigenvalue weighted by Gasteiger charge is 2.22. The van der Waals surface area contributed by atoms with Crippen molar-refractivity contribution in [2.24, 2.45) is 0 Å². The summed E-state index contributed by atoms with van der Waals surface area (Å²) in [6, 6.07) is 0. The number of aliphatic hydroxyl groups is 2. The standard InChI is InChI=1S/C15H24O6/c1-5-7-12(16)9-20-14(18)10(3)11(4)15(19)21-13(17)8-6-2/h12-13,16-17H,3-9H2,1-2H3. The zero-order chi connectivity index (χ0) is 16.4. The van der Waals surface area contributed by atoms with Gasteiger partial charge in [-0.2, -0.15) is 0 Å². The second-order valence-electron chi connectivity index (χ2n) is 4.65. The Morgan fingerprint density at radius 2 is 1.52 bits per heavy atom. The van der Waals surface area contributed by atoms with Gasteiger partial charge in [-0.25, -0.2) is 9.59 Å². The van der Waals surface area contributed by atoms with E-state index in [2.05, 4.69) is 17.9 Å². The summed E-state index contributed by atoms with van der Waals surface area (Å²) in [5, 5.41) is 18.8. The van der Waals surface area contributed by atoms with Crippen LogP contribution in [0.1, 0.15) is 39.5 Å². The molecule has 2 N–H and O–H groups in total. The fourth-order valence-corrected chi connectivity index (χ4v) is 1.42. The second kappa shape index (κ2) is 10.1. The van der Waals surface area contributed by atoms with E-state index >= 15 is 0 Å². The van der Waals surface area contributed by atoms with Crippen LogP contribution in [0, 0.1) is 0 Å². The molecule has 0 aliphatic rings. The van der Waals surface area contributed by atoms with Gasteiger partial charge in [0.05, 0.1) is 17.3 Å². The highest BCUT2D eigenvalue weighted by Crippen LogP contribution is 2.12. The summed E-state index contributed by atoms with van der Waals surface area (Å²) in [6.45, 7) is 10.4. The van der Waals surface area contributed by atoms with Crippen LogP contribution in [0.3, 0.4) is 0 Å². The molecule has 0 heterocycles. The molecular weight excluding hydrogens is 276 g/mol. The first-order valence-corrected chi connectivity index (χ1v) is 6.95. The summed E-state index contributed by atoms with van der Waals surface area (Å²) >= 11 is 0. The molecule has 0 bridgehead atoms. The number of hydrogen-bond acceptors (Lipinski definition) is 6. The molecule has 6 nitrogen and oxygen atoms in total. The maximum atomic E-state index is 11.6. The highest BCUT2D eigenvalue weighted by molar-refractivity contribution is 6.06. The Balaban J connectivity index is 4.33. The molecule has 0 aliphatic carbocycles. The molecule has 0 aromatic rings. The van der Waals surface area contributed by atoms with Gasteiger partial charge in [0, 0.05) is 6.42 Å². The molecular formula is C15H24O6. The van der Waals surface area contributed by atoms with E-state index < -0.39 is 24.3 Å². The van der Waals surface area contributed by atoms with E-state index in [4.69, 9.17) is 4.74 Å². The van der Waals surface area contributed by atoms with Crippen LogP contribution in [0.15, 0.2) is 24.3 Å². The van der Waals surface area contributed by atoms with Crippen molar-refractivity contribution >= 4 is 11.9 Å². The molecule has 2 atom stereocenters. The fraction of sp³-hybridized carbons (Fsp3) is 0.600. The van der Waals surface area contributed by atoms with Crippen LogP contribution in [-0.2, 0) is 19.1 Å². The van der Waals surface area contributed by atoms with Crippen molar-refractivity contribution in [2.75, 3.05) is 6.61 Å². The van der Waals surface area contributed by atoms with Gasteiger partial charge >= 0.3 is 11.9 Å². The summed E-state index contributed by atoms with van der Waals surface area (Å²) in [6.07, 6.45) is 0.200. The number of carbonyl (C=O) groups excluding carboxylic acids is 2. The molecule has 0 amide bonds. The van der Waals surface area contributed by atoms with Crippen molar-refractivity contribution in [3.8, 4) is 0 Å². The normalized spacial score (nSPS) is 13.1. The molecule has 0 fully saturated rings. The molecule has 0 spiro atoms. The third-order valence-corrected chi connectivity index (χ3v) is 2.66. The Morgan fingerprint density at radius 1 is 1.00 bits per heavy atom. The SMILES string of the molecule is C=C(C(=C)C(=O)OC(O)CCC)C(=O)OCC(O)CCC. The third-order valence-electron chi connectivity index (χ3n) is 2.66. The molecule has 0 aliphatic heterocycles. The van der Waals surface area contributed by atoms with Crippen LogP contribution in [-0.4, -0.2) is 41.2 Å². The predicted octanol–water partition coefficient (Wildman–Crippen LogP) is 1.46. The zero-order valence-corrected chi connectivity index (χ0v) is 12.6. The van der Waals surface area contributed by atoms with Crippen molar-refractivity contribution < 1.29 is 29.3 Å². The first-order valence-electron chi connectivity index (χ1n) is 6.95. The van der Waals surface area contributed by atoms with Crippen molar-refractivity contribution in [3.05, 3.63) is 24.3 Å². The van der Waals surface area contributed by atoms with Crippen LogP contribution in [0.5, 0.6) is 0 Å². The average molecular weight is 300 g/mol. The minimum atomic E-state index is -1.24. The van der Waals surface area contributed by atoms with Gasteiger partial charge in [0.25, 0.3) is 0 Å². The Hall–Kier alpha value is -1.66. The van der Waals surface area contributed by atoms with Crippen molar-refractivity contribution in [1.82, 2.24) is 0 Å². The molecule has 120 valence electrons. The van der Waals surface area contributed by atoms with Crippen LogP contribution in [0.25, 0.3) is 0 Å². The lowest BCUT2D eigenvalue weighted by Crippen LogP contribution is -2.23. The fourth-order valence-electron chi connectivity index (χ4n) is 1.42. The van der Waals surface area contributed by atoms with E-state index in [0.717, 1.165) is 6.42 Å². The maximum Gasteiger partial charge on any atom is 0.340 e. The molecule has 0 radical (unpaired) electrons. The average Bonchev–Trinajstić information content (AvgIpc) is 2.43. The van der Waals surface area contributed by atoms with Crippen molar-refractivity contribution in [3.63, 3.8) is 0 Å². The van der Waals surface area contributed by atoms with Crippen molar-refractivity contribution in [2.45, 2.75) is 51.9 Å². The second-order valence-corrected chi connectivity index (χ2v) is 4.65. The van der Waals surface area contributed by atoms with Gasteiger partial charge in [-0.1, -0.05) is 39.8 Å². The Labute approximate surface area is 125 Å². The van der Waals surface area contributed by atoms with Gasteiger partial charge in [0.15, 0.2) is 0 Å². The van der Waals surface area contributed by atoms with E-state index in [1.54, 1.807) is 0 Å². The van der Waals surface area contributed by atoms with E-state index in [-0.39, 0.29) is 17.8 Å². The maximum absolute atomic E-state index is 11.6. The zero-order valence-electron chi connectivity index (χ0n) is 12.6. The van der Waals surface area contributed by atoms with Crippen LogP contribution >= 0.6 is 0 Å². The van der Waals surface area contributed by atoms with E-state index in [1.165, 1.54) is 0 Å². The van der Waals surface area contributed by atoms with E-state index in [1.807, 2.05) is 13.8 Å². The predicted molar refractivity (Wildman–Crippen MR) is 77.2 cm³/mol. The Bertz CT molecular complexity index is 388. The first kappa shape index (κ1) is 19.3. The topological polar surface area (TPSA) is 93.1 Å². The lowest BCUT2D eigenvalue weighted by Gasteiger charge is -2.14. The van der Waals surface area contributed by atoms with E-state index in [0.29, 0.717) is 19.3 Å². The number of esters is 2. The largest absolute Gasteiger partial charge is 0.459 e. The summed E-state index contributed by atoms with van der Waals surface area (Å²) in [5.41, 5.74) is -0.535. The summed E-state index contributed by atoms with van der Waals surface area (Å²) in [7, 11) is 0. The number of hydrogen-bond donors (Lipinski definition) is 2. The quantitative estimate of drug-likeness (QED) is 0.275. The molecule has 0 saturated heterocycles. The Morgan fingerprint density at radius 3 is 2.05 bits per heavy atom. The van der Waals surface area contributed by atoms with Crippen LogP contribution in [0.2, 0.25) is 0 Å². The molecule has 0 aromatic carbocycles. The van der Waals surface area contributed by atoms with Gasteiger partial charge in [0.2, 0.25) is 6.29 Å². The molecule has 2 unspecified atom stereocenters. The summed E-state index contributed by atoms with van der Waals surface area (Å²) < 4.78 is 9.51. The Kier molecular flexibility index (Phi) is 9.32. The van der Waals surface area contributed by atoms with E-state index in [9.17, 15) is 19.8 Å². The minimum absolute atomic E-state index is 0.174. The molecule has 0 saturated carbocycles. The summed E-state index contributed by atoms with van der Waals surface area (Å²) in [4.78, 5) is 23.3. The summed E-state index contributed by atoms with van der Waals surface area (Å²) in [5.74, 6) is -1.77. The molecule has 21 heavy (non-hydrogen) atoms. The minimum Gasteiger partial charge on any atom is -0.459 e. The van der Waals surface area contributed by atoms with Gasteiger partial charge in [0.1, 0.15) is 6.61 Å². The number of ether oxygens (including phenoxy) is 2. The molecule has 6 heteroatoms. The monoisotopic (exact) mass is 300 g/mol. The number of carbonyl (C=O) groups is 2. The van der Waals surface area contributed by atoms with Gasteiger partial charge in [-0.3, -0.25) is 0 Å². The number of rotatable bonds is 10. The third kappa shape index (κ3) is 7.63. The lowest BCUT2D eigenvalue weighted by atomic mass is 10.1. The molecule has 0 rings (SSSR count). The molecule has 0 aromatic heterocycles.